The van der Waals surface area contributed by atoms with Gasteiger partial charge in [-0.25, -0.2) is 0 Å². The van der Waals surface area contributed by atoms with Crippen LogP contribution in [-0.4, -0.2) is 57.2 Å². The fourth-order valence-electron chi connectivity index (χ4n) is 3.26. The highest BCUT2D eigenvalue weighted by Gasteiger charge is 2.31. The normalized spacial score (nSPS) is 16.1. The van der Waals surface area contributed by atoms with E-state index in [-0.39, 0.29) is 41.7 Å². The van der Waals surface area contributed by atoms with Crippen LogP contribution in [-0.2, 0) is 4.74 Å². The number of morpholine rings is 1. The number of guanidine groups is 1. The standard InChI is InChI=1S/C21H25F3N4O3.HI/c1-29-17-6-2-15(3-7-17)19(28-10-12-30-13-11-28)14-26-20(25)27-16-4-8-18(9-5-16)31-21(22,23)24;/h2-9,19H,10-14H2,1H3,(H3,25,26,27);1H. The maximum atomic E-state index is 12.3. The average Bonchev–Trinajstić information content (AvgIpc) is 2.75. The third kappa shape index (κ3) is 8.02. The maximum Gasteiger partial charge on any atom is 0.573 e. The summed E-state index contributed by atoms with van der Waals surface area (Å²) in [5.41, 5.74) is 7.59. The second-order valence-corrected chi connectivity index (χ2v) is 6.86. The highest BCUT2D eigenvalue weighted by atomic mass is 127. The van der Waals surface area contributed by atoms with Gasteiger partial charge in [-0.2, -0.15) is 0 Å². The maximum absolute atomic E-state index is 12.3. The number of halogens is 4. The van der Waals surface area contributed by atoms with Crippen LogP contribution in [0.15, 0.2) is 53.5 Å². The first-order chi connectivity index (χ1) is 14.8. The predicted octanol–water partition coefficient (Wildman–Crippen LogP) is 4.01. The molecule has 1 saturated heterocycles. The van der Waals surface area contributed by atoms with Crippen LogP contribution in [0.25, 0.3) is 0 Å². The molecule has 0 amide bonds. The van der Waals surface area contributed by atoms with Gasteiger partial charge in [-0.1, -0.05) is 12.1 Å². The molecule has 7 nitrogen and oxygen atoms in total. The van der Waals surface area contributed by atoms with Crippen LogP contribution >= 0.6 is 24.0 Å². The van der Waals surface area contributed by atoms with E-state index in [4.69, 9.17) is 15.2 Å². The van der Waals surface area contributed by atoms with E-state index in [0.29, 0.717) is 25.4 Å². The Morgan fingerprint density at radius 2 is 1.69 bits per heavy atom. The number of methoxy groups -OCH3 is 1. The van der Waals surface area contributed by atoms with Crippen molar-refractivity contribution in [1.82, 2.24) is 4.90 Å². The molecule has 0 spiro atoms. The molecule has 0 saturated carbocycles. The second-order valence-electron chi connectivity index (χ2n) is 6.86. The largest absolute Gasteiger partial charge is 0.573 e. The summed E-state index contributed by atoms with van der Waals surface area (Å²) in [5, 5.41) is 2.89. The molecule has 1 heterocycles. The number of hydrogen-bond donors (Lipinski definition) is 2. The van der Waals surface area contributed by atoms with Crippen LogP contribution in [0.3, 0.4) is 0 Å². The van der Waals surface area contributed by atoms with Crippen molar-refractivity contribution in [2.75, 3.05) is 45.3 Å². The van der Waals surface area contributed by atoms with Crippen molar-refractivity contribution in [2.24, 2.45) is 10.7 Å². The average molecular weight is 566 g/mol. The Bertz CT molecular complexity index is 858. The van der Waals surface area contributed by atoms with Crippen LogP contribution < -0.4 is 20.5 Å². The number of rotatable bonds is 7. The molecule has 1 aliphatic heterocycles. The lowest BCUT2D eigenvalue weighted by molar-refractivity contribution is -0.274. The van der Waals surface area contributed by atoms with Crippen molar-refractivity contribution in [3.63, 3.8) is 0 Å². The van der Waals surface area contributed by atoms with Gasteiger partial charge in [0.2, 0.25) is 0 Å². The van der Waals surface area contributed by atoms with Crippen molar-refractivity contribution < 1.29 is 27.4 Å². The zero-order valence-electron chi connectivity index (χ0n) is 17.5. The van der Waals surface area contributed by atoms with E-state index in [1.807, 2.05) is 24.3 Å². The Morgan fingerprint density at radius 1 is 1.09 bits per heavy atom. The van der Waals surface area contributed by atoms with E-state index in [1.165, 1.54) is 24.3 Å². The van der Waals surface area contributed by atoms with Crippen LogP contribution in [0.2, 0.25) is 0 Å². The van der Waals surface area contributed by atoms with E-state index in [2.05, 4.69) is 19.9 Å². The van der Waals surface area contributed by atoms with Crippen LogP contribution in [0.4, 0.5) is 18.9 Å². The number of anilines is 1. The van der Waals surface area contributed by atoms with Gasteiger partial charge in [-0.05, 0) is 42.0 Å². The fourth-order valence-corrected chi connectivity index (χ4v) is 3.26. The summed E-state index contributed by atoms with van der Waals surface area (Å²) in [6.45, 7) is 3.26. The van der Waals surface area contributed by atoms with Gasteiger partial charge in [0.1, 0.15) is 11.5 Å². The number of hydrogen-bond acceptors (Lipinski definition) is 5. The first-order valence-electron chi connectivity index (χ1n) is 9.72. The van der Waals surface area contributed by atoms with Gasteiger partial charge in [0.05, 0.1) is 32.9 Å². The minimum Gasteiger partial charge on any atom is -0.497 e. The summed E-state index contributed by atoms with van der Waals surface area (Å²) in [4.78, 5) is 6.74. The quantitative estimate of drug-likeness (QED) is 0.300. The van der Waals surface area contributed by atoms with Gasteiger partial charge < -0.3 is 25.3 Å². The van der Waals surface area contributed by atoms with E-state index < -0.39 is 6.36 Å². The van der Waals surface area contributed by atoms with Crippen molar-refractivity contribution in [3.8, 4) is 11.5 Å². The number of nitrogens with one attached hydrogen (secondary N) is 1. The summed E-state index contributed by atoms with van der Waals surface area (Å²) in [6, 6.07) is 13.1. The first-order valence-corrected chi connectivity index (χ1v) is 9.72. The first kappa shape index (κ1) is 26.0. The summed E-state index contributed by atoms with van der Waals surface area (Å²) < 4.78 is 51.3. The summed E-state index contributed by atoms with van der Waals surface area (Å²) in [5.74, 6) is 0.629. The van der Waals surface area contributed by atoms with Gasteiger partial charge in [-0.15, -0.1) is 37.1 Å². The van der Waals surface area contributed by atoms with E-state index in [0.717, 1.165) is 24.4 Å². The summed E-state index contributed by atoms with van der Waals surface area (Å²) in [7, 11) is 1.62. The fraction of sp³-hybridized carbons (Fsp3) is 0.381. The van der Waals surface area contributed by atoms with E-state index in [9.17, 15) is 13.2 Å². The van der Waals surface area contributed by atoms with Gasteiger partial charge in [0.25, 0.3) is 0 Å². The third-order valence-electron chi connectivity index (χ3n) is 4.78. The van der Waals surface area contributed by atoms with Gasteiger partial charge in [0.15, 0.2) is 5.96 Å². The second kappa shape index (κ2) is 12.1. The van der Waals surface area contributed by atoms with Crippen LogP contribution in [0.5, 0.6) is 11.5 Å². The molecule has 1 aliphatic rings. The van der Waals surface area contributed by atoms with Gasteiger partial charge in [-0.3, -0.25) is 9.89 Å². The van der Waals surface area contributed by atoms with Crippen LogP contribution in [0, 0.1) is 0 Å². The van der Waals surface area contributed by atoms with Crippen LogP contribution in [0.1, 0.15) is 11.6 Å². The van der Waals surface area contributed by atoms with E-state index in [1.54, 1.807) is 7.11 Å². The minimum atomic E-state index is -4.73. The third-order valence-corrected chi connectivity index (χ3v) is 4.78. The Morgan fingerprint density at radius 3 is 2.25 bits per heavy atom. The highest BCUT2D eigenvalue weighted by molar-refractivity contribution is 14.0. The number of nitrogens with zero attached hydrogens (tertiary/aromatic N) is 2. The molecule has 0 radical (unpaired) electrons. The molecule has 32 heavy (non-hydrogen) atoms. The Kier molecular flexibility index (Phi) is 9.84. The molecular formula is C21H26F3IN4O3. The predicted molar refractivity (Wildman–Crippen MR) is 127 cm³/mol. The monoisotopic (exact) mass is 566 g/mol. The van der Waals surface area contributed by atoms with Crippen molar-refractivity contribution in [1.29, 1.82) is 0 Å². The molecule has 0 aliphatic carbocycles. The number of alkyl halides is 3. The molecule has 176 valence electrons. The molecule has 11 heteroatoms. The lowest BCUT2D eigenvalue weighted by atomic mass is 10.0. The number of aliphatic imine (C=N–C) groups is 1. The molecule has 0 aromatic heterocycles. The number of ether oxygens (including phenoxy) is 3. The molecule has 1 atom stereocenters. The lowest BCUT2D eigenvalue weighted by Gasteiger charge is -2.34. The summed E-state index contributed by atoms with van der Waals surface area (Å²) in [6.07, 6.45) is -4.73. The highest BCUT2D eigenvalue weighted by Crippen LogP contribution is 2.25. The molecule has 0 bridgehead atoms. The van der Waals surface area contributed by atoms with Crippen molar-refractivity contribution in [3.05, 3.63) is 54.1 Å². The molecule has 2 aromatic carbocycles. The molecule has 2 aromatic rings. The Labute approximate surface area is 201 Å². The van der Waals surface area contributed by atoms with Gasteiger partial charge in [0, 0.05) is 18.8 Å². The molecule has 3 rings (SSSR count). The zero-order valence-corrected chi connectivity index (χ0v) is 19.8. The zero-order chi connectivity index (χ0) is 22.3. The minimum absolute atomic E-state index is 0. The molecule has 1 unspecified atom stereocenters. The van der Waals surface area contributed by atoms with E-state index >= 15 is 0 Å². The summed E-state index contributed by atoms with van der Waals surface area (Å²) >= 11 is 0. The smallest absolute Gasteiger partial charge is 0.497 e. The number of nitrogens with two attached hydrogens (primary N) is 1. The number of benzene rings is 2. The topological polar surface area (TPSA) is 81.3 Å². The van der Waals surface area contributed by atoms with Crippen molar-refractivity contribution in [2.45, 2.75) is 12.4 Å². The Hall–Kier alpha value is -2.25. The SMILES string of the molecule is COc1ccc(C(CN=C(N)Nc2ccc(OC(F)(F)F)cc2)N2CCOCC2)cc1.I. The molecule has 1 fully saturated rings. The van der Waals surface area contributed by atoms with Gasteiger partial charge >= 0.3 is 6.36 Å². The molecule has 3 N–H and O–H groups in total. The van der Waals surface area contributed by atoms with Crippen molar-refractivity contribution >= 4 is 35.6 Å². The lowest BCUT2D eigenvalue weighted by Crippen LogP contribution is -2.40. The Balaban J connectivity index is 0.00000363. The molecular weight excluding hydrogens is 540 g/mol.